The number of anilines is 1. The van der Waals surface area contributed by atoms with Crippen molar-refractivity contribution in [1.29, 1.82) is 0 Å². The molecule has 31 heavy (non-hydrogen) atoms. The van der Waals surface area contributed by atoms with E-state index in [2.05, 4.69) is 22.5 Å². The number of para-hydroxylation sites is 2. The van der Waals surface area contributed by atoms with Crippen LogP contribution in [-0.4, -0.2) is 14.8 Å². The van der Waals surface area contributed by atoms with Crippen molar-refractivity contribution >= 4 is 51.2 Å². The maximum absolute atomic E-state index is 10.9. The molecule has 0 amide bonds. The van der Waals surface area contributed by atoms with E-state index in [4.69, 9.17) is 23.8 Å². The summed E-state index contributed by atoms with van der Waals surface area (Å²) < 4.78 is 1.79. The number of hydrogen-bond donors (Lipinski definition) is 2. The normalized spacial score (nSPS) is 11.3. The Balaban J connectivity index is 1.65. The van der Waals surface area contributed by atoms with Crippen molar-refractivity contribution in [3.05, 3.63) is 88.9 Å². The quantitative estimate of drug-likeness (QED) is 0.253. The molecule has 0 radical (unpaired) electrons. The van der Waals surface area contributed by atoms with Crippen LogP contribution >= 0.6 is 23.8 Å². The largest absolute Gasteiger partial charge is 0.493 e. The summed E-state index contributed by atoms with van der Waals surface area (Å²) in [6.45, 7) is 2.53. The Bertz CT molecular complexity index is 1280. The summed E-state index contributed by atoms with van der Waals surface area (Å²) in [7, 11) is 0. The lowest BCUT2D eigenvalue weighted by Crippen LogP contribution is -2.07. The van der Waals surface area contributed by atoms with Crippen LogP contribution in [0.4, 0.5) is 11.4 Å². The third-order valence-electron chi connectivity index (χ3n) is 5.03. The van der Waals surface area contributed by atoms with E-state index in [-0.39, 0.29) is 11.0 Å². The lowest BCUT2D eigenvalue weighted by molar-refractivity contribution is 0.429. The first-order chi connectivity index (χ1) is 15.1. The molecule has 0 aliphatic carbocycles. The SMILES string of the molecule is CCc1ccccc1NC(=S)N=Nc1c(O)n(Cc2cccc(Cl)c2)c2ccccc12. The Morgan fingerprint density at radius 2 is 1.84 bits per heavy atom. The summed E-state index contributed by atoms with van der Waals surface area (Å²) >= 11 is 11.5. The number of hydrogen-bond acceptors (Lipinski definition) is 3. The fourth-order valence-corrected chi connectivity index (χ4v) is 3.90. The summed E-state index contributed by atoms with van der Waals surface area (Å²) in [5, 5.41) is 24.2. The standard InChI is InChI=1S/C24H21ClN4OS/c1-2-17-9-3-5-12-20(17)26-24(31)28-27-22-19-11-4-6-13-21(19)29(23(22)30)15-16-8-7-10-18(25)14-16/h3-14,30H,2,15H2,1H3,(H,26,31). The van der Waals surface area contributed by atoms with Gasteiger partial charge in [-0.25, -0.2) is 0 Å². The van der Waals surface area contributed by atoms with E-state index in [9.17, 15) is 5.11 Å². The Morgan fingerprint density at radius 1 is 1.06 bits per heavy atom. The number of aromatic nitrogens is 1. The molecule has 5 nitrogen and oxygen atoms in total. The zero-order valence-corrected chi connectivity index (χ0v) is 18.5. The highest BCUT2D eigenvalue weighted by molar-refractivity contribution is 7.80. The second kappa shape index (κ2) is 9.29. The monoisotopic (exact) mass is 448 g/mol. The van der Waals surface area contributed by atoms with Crippen molar-refractivity contribution in [2.45, 2.75) is 19.9 Å². The molecular formula is C24H21ClN4OS. The minimum atomic E-state index is 0.0293. The van der Waals surface area contributed by atoms with Crippen LogP contribution in [0.3, 0.4) is 0 Å². The number of rotatable bonds is 5. The second-order valence-corrected chi connectivity index (χ2v) is 7.87. The molecule has 1 heterocycles. The summed E-state index contributed by atoms with van der Waals surface area (Å²) in [6.07, 6.45) is 0.876. The zero-order valence-electron chi connectivity index (χ0n) is 16.9. The Kier molecular flexibility index (Phi) is 6.30. The van der Waals surface area contributed by atoms with E-state index in [1.165, 1.54) is 0 Å². The predicted molar refractivity (Wildman–Crippen MR) is 131 cm³/mol. The summed E-state index contributed by atoms with van der Waals surface area (Å²) in [5.74, 6) is 0.0293. The molecule has 0 saturated carbocycles. The summed E-state index contributed by atoms with van der Waals surface area (Å²) in [4.78, 5) is 0. The van der Waals surface area contributed by atoms with Crippen LogP contribution in [-0.2, 0) is 13.0 Å². The van der Waals surface area contributed by atoms with Gasteiger partial charge in [0, 0.05) is 16.1 Å². The summed E-state index contributed by atoms with van der Waals surface area (Å²) in [6, 6.07) is 23.1. The van der Waals surface area contributed by atoms with E-state index >= 15 is 0 Å². The Hall–Kier alpha value is -3.22. The van der Waals surface area contributed by atoms with Crippen LogP contribution in [0.15, 0.2) is 83.0 Å². The number of aryl methyl sites for hydroxylation is 1. The predicted octanol–water partition coefficient (Wildman–Crippen LogP) is 7.09. The molecule has 0 aliphatic heterocycles. The van der Waals surface area contributed by atoms with Gasteiger partial charge in [-0.1, -0.05) is 67.1 Å². The van der Waals surface area contributed by atoms with Crippen LogP contribution in [0, 0.1) is 0 Å². The van der Waals surface area contributed by atoms with E-state index < -0.39 is 0 Å². The molecule has 0 aliphatic rings. The van der Waals surface area contributed by atoms with E-state index in [1.807, 2.05) is 72.8 Å². The van der Waals surface area contributed by atoms with Crippen LogP contribution < -0.4 is 5.32 Å². The first-order valence-electron chi connectivity index (χ1n) is 9.92. The van der Waals surface area contributed by atoms with Gasteiger partial charge in [-0.2, -0.15) is 0 Å². The van der Waals surface area contributed by atoms with Crippen LogP contribution in [0.1, 0.15) is 18.1 Å². The van der Waals surface area contributed by atoms with Crippen molar-refractivity contribution < 1.29 is 5.11 Å². The highest BCUT2D eigenvalue weighted by Gasteiger charge is 2.17. The zero-order chi connectivity index (χ0) is 21.8. The molecular weight excluding hydrogens is 428 g/mol. The second-order valence-electron chi connectivity index (χ2n) is 7.05. The third-order valence-corrected chi connectivity index (χ3v) is 5.45. The van der Waals surface area contributed by atoms with E-state index in [1.54, 1.807) is 4.57 Å². The number of thiocarbonyl (C=S) groups is 1. The van der Waals surface area contributed by atoms with Crippen molar-refractivity contribution in [1.82, 2.24) is 4.57 Å². The Morgan fingerprint density at radius 3 is 2.65 bits per heavy atom. The lowest BCUT2D eigenvalue weighted by atomic mass is 10.1. The average Bonchev–Trinajstić information content (AvgIpc) is 3.04. The lowest BCUT2D eigenvalue weighted by Gasteiger charge is -2.08. The van der Waals surface area contributed by atoms with Gasteiger partial charge >= 0.3 is 0 Å². The fraction of sp³-hybridized carbons (Fsp3) is 0.125. The minimum Gasteiger partial charge on any atom is -0.493 e. The van der Waals surface area contributed by atoms with E-state index in [0.717, 1.165) is 34.1 Å². The molecule has 0 fully saturated rings. The Labute approximate surface area is 191 Å². The van der Waals surface area contributed by atoms with Crippen LogP contribution in [0.5, 0.6) is 5.88 Å². The highest BCUT2D eigenvalue weighted by atomic mass is 35.5. The van der Waals surface area contributed by atoms with Crippen LogP contribution in [0.2, 0.25) is 5.02 Å². The van der Waals surface area contributed by atoms with Gasteiger partial charge < -0.3 is 15.0 Å². The topological polar surface area (TPSA) is 61.9 Å². The molecule has 0 saturated heterocycles. The molecule has 0 atom stereocenters. The molecule has 0 unspecified atom stereocenters. The van der Waals surface area contributed by atoms with E-state index in [0.29, 0.717) is 17.3 Å². The maximum atomic E-state index is 10.9. The number of benzene rings is 3. The van der Waals surface area contributed by atoms with Crippen molar-refractivity contribution in [3.8, 4) is 5.88 Å². The van der Waals surface area contributed by atoms with Gasteiger partial charge in [-0.15, -0.1) is 10.2 Å². The molecule has 2 N–H and O–H groups in total. The molecule has 3 aromatic carbocycles. The van der Waals surface area contributed by atoms with Crippen molar-refractivity contribution in [2.75, 3.05) is 5.32 Å². The van der Waals surface area contributed by atoms with Crippen molar-refractivity contribution in [2.24, 2.45) is 10.2 Å². The number of halogens is 1. The van der Waals surface area contributed by atoms with Gasteiger partial charge in [0.15, 0.2) is 5.69 Å². The number of nitrogens with one attached hydrogen (secondary N) is 1. The number of fused-ring (bicyclic) bond motifs is 1. The number of azo groups is 1. The van der Waals surface area contributed by atoms with Gasteiger partial charge in [0.05, 0.1) is 12.1 Å². The average molecular weight is 449 g/mol. The first-order valence-corrected chi connectivity index (χ1v) is 10.7. The van der Waals surface area contributed by atoms with Gasteiger partial charge in [0.1, 0.15) is 0 Å². The number of aromatic hydroxyl groups is 1. The number of nitrogens with zero attached hydrogens (tertiary/aromatic N) is 3. The maximum Gasteiger partial charge on any atom is 0.221 e. The van der Waals surface area contributed by atoms with Gasteiger partial charge in [0.2, 0.25) is 11.0 Å². The van der Waals surface area contributed by atoms with Crippen molar-refractivity contribution in [3.63, 3.8) is 0 Å². The van der Waals surface area contributed by atoms with Crippen LogP contribution in [0.25, 0.3) is 10.9 Å². The third kappa shape index (κ3) is 4.60. The molecule has 1 aromatic heterocycles. The minimum absolute atomic E-state index is 0.0293. The highest BCUT2D eigenvalue weighted by Crippen LogP contribution is 2.39. The molecule has 4 rings (SSSR count). The summed E-state index contributed by atoms with van der Waals surface area (Å²) in [5.41, 5.74) is 4.25. The molecule has 0 spiro atoms. The van der Waals surface area contributed by atoms with Gasteiger partial charge in [-0.05, 0) is 54.0 Å². The molecule has 4 aromatic rings. The molecule has 0 bridgehead atoms. The van der Waals surface area contributed by atoms with Gasteiger partial charge in [-0.3, -0.25) is 0 Å². The fourth-order valence-electron chi connectivity index (χ4n) is 3.53. The molecule has 7 heteroatoms. The molecule has 156 valence electrons. The van der Waals surface area contributed by atoms with Gasteiger partial charge in [0.25, 0.3) is 0 Å². The smallest absolute Gasteiger partial charge is 0.221 e. The first kappa shape index (κ1) is 21.0.